The first kappa shape index (κ1) is 9.64. The zero-order valence-corrected chi connectivity index (χ0v) is 5.95. The van der Waals surface area contributed by atoms with E-state index in [4.69, 9.17) is 5.11 Å². The molecular formula is C4H6F2O3S. The third kappa shape index (κ3) is 4.51. The van der Waals surface area contributed by atoms with Crippen LogP contribution in [0.4, 0.5) is 8.78 Å². The average molecular weight is 172 g/mol. The summed E-state index contributed by atoms with van der Waals surface area (Å²) in [5, 5.41) is 7.90. The maximum Gasteiger partial charge on any atom is 0.408 e. The molecule has 1 N–H and O–H groups in total. The number of carboxylic acids is 1. The molecule has 0 heterocycles. The molecule has 0 radical (unpaired) electrons. The largest absolute Gasteiger partial charge is 0.480 e. The van der Waals surface area contributed by atoms with Gasteiger partial charge in [0.25, 0.3) is 0 Å². The Hall–Kier alpha value is -0.360. The lowest BCUT2D eigenvalue weighted by Crippen LogP contribution is -2.20. The maximum absolute atomic E-state index is 12.0. The van der Waals surface area contributed by atoms with Crippen LogP contribution in [0, 0.1) is 0 Å². The predicted molar refractivity (Wildman–Crippen MR) is 32.0 cm³/mol. The van der Waals surface area contributed by atoms with Crippen LogP contribution >= 0.6 is 11.8 Å². The van der Waals surface area contributed by atoms with Crippen LogP contribution in [0.1, 0.15) is 0 Å². The van der Waals surface area contributed by atoms with Gasteiger partial charge in [-0.2, -0.15) is 8.78 Å². The quantitative estimate of drug-likeness (QED) is 0.642. The third-order valence-electron chi connectivity index (χ3n) is 0.601. The van der Waals surface area contributed by atoms with Gasteiger partial charge in [-0.15, -0.1) is 0 Å². The van der Waals surface area contributed by atoms with Crippen molar-refractivity contribution >= 4 is 17.7 Å². The minimum atomic E-state index is -3.39. The molecule has 0 saturated heterocycles. The van der Waals surface area contributed by atoms with E-state index in [9.17, 15) is 13.6 Å². The highest BCUT2D eigenvalue weighted by Gasteiger charge is 2.29. The van der Waals surface area contributed by atoms with Crippen molar-refractivity contribution in [3.8, 4) is 0 Å². The van der Waals surface area contributed by atoms with E-state index in [0.29, 0.717) is 0 Å². The van der Waals surface area contributed by atoms with Crippen LogP contribution in [-0.4, -0.2) is 29.4 Å². The van der Waals surface area contributed by atoms with Crippen LogP contribution in [0.3, 0.4) is 0 Å². The molecule has 0 amide bonds. The Balaban J connectivity index is 3.56. The fourth-order valence-electron chi connectivity index (χ4n) is 0.205. The summed E-state index contributed by atoms with van der Waals surface area (Å²) in [5.41, 5.74) is -3.39. The van der Waals surface area contributed by atoms with E-state index >= 15 is 0 Å². The minimum absolute atomic E-state index is 0.150. The Bertz CT molecular complexity index is 128. The number of halogens is 2. The highest BCUT2D eigenvalue weighted by Crippen LogP contribution is 2.26. The van der Waals surface area contributed by atoms with Gasteiger partial charge in [-0.1, -0.05) is 11.8 Å². The lowest BCUT2D eigenvalue weighted by Gasteiger charge is -2.10. The monoisotopic (exact) mass is 172 g/mol. The Morgan fingerprint density at radius 3 is 2.60 bits per heavy atom. The standard InChI is InChI=1S/C4H6F2O3S/c1-10-4(5,6)9-2-3(7)8/h2H2,1H3,(H,7,8). The van der Waals surface area contributed by atoms with Gasteiger partial charge in [0.2, 0.25) is 0 Å². The Labute approximate surface area is 60.4 Å². The predicted octanol–water partition coefficient (Wildman–Crippen LogP) is 1.00. The highest BCUT2D eigenvalue weighted by atomic mass is 32.2. The van der Waals surface area contributed by atoms with Crippen molar-refractivity contribution in [3.05, 3.63) is 0 Å². The van der Waals surface area contributed by atoms with Gasteiger partial charge in [-0.3, -0.25) is 4.74 Å². The molecule has 0 aliphatic rings. The van der Waals surface area contributed by atoms with Crippen LogP contribution in [-0.2, 0) is 9.53 Å². The molecule has 0 aromatic carbocycles. The lowest BCUT2D eigenvalue weighted by atomic mass is 10.7. The van der Waals surface area contributed by atoms with Crippen LogP contribution in [0.15, 0.2) is 0 Å². The number of rotatable bonds is 4. The average Bonchev–Trinajstić information content (AvgIpc) is 1.85. The van der Waals surface area contributed by atoms with E-state index in [1.54, 1.807) is 0 Å². The molecule has 0 bridgehead atoms. The smallest absolute Gasteiger partial charge is 0.408 e. The van der Waals surface area contributed by atoms with Gasteiger partial charge in [-0.25, -0.2) is 4.79 Å². The Morgan fingerprint density at radius 2 is 2.30 bits per heavy atom. The van der Waals surface area contributed by atoms with Gasteiger partial charge in [0.1, 0.15) is 0 Å². The normalized spacial score (nSPS) is 11.5. The Morgan fingerprint density at radius 1 is 1.80 bits per heavy atom. The zero-order valence-electron chi connectivity index (χ0n) is 5.13. The molecule has 0 unspecified atom stereocenters. The summed E-state index contributed by atoms with van der Waals surface area (Å²) in [6.45, 7) is -0.978. The van der Waals surface area contributed by atoms with Crippen molar-refractivity contribution < 1.29 is 23.4 Å². The number of ether oxygens (including phenoxy) is 1. The van der Waals surface area contributed by atoms with E-state index in [-0.39, 0.29) is 11.8 Å². The van der Waals surface area contributed by atoms with Crippen LogP contribution in [0.5, 0.6) is 0 Å². The van der Waals surface area contributed by atoms with E-state index < -0.39 is 18.0 Å². The molecule has 10 heavy (non-hydrogen) atoms. The topological polar surface area (TPSA) is 46.5 Å². The summed E-state index contributed by atoms with van der Waals surface area (Å²) in [6, 6.07) is 0. The third-order valence-corrected chi connectivity index (χ3v) is 1.19. The number of carbonyl (C=O) groups is 1. The Kier molecular flexibility index (Phi) is 3.59. The van der Waals surface area contributed by atoms with Crippen molar-refractivity contribution in [1.82, 2.24) is 0 Å². The van der Waals surface area contributed by atoms with Gasteiger partial charge in [0.05, 0.1) is 0 Å². The summed E-state index contributed by atoms with van der Waals surface area (Å²) >= 11 is 0.150. The number of alkyl halides is 2. The fourth-order valence-corrected chi connectivity index (χ4v) is 0.381. The first-order chi connectivity index (χ1) is 4.48. The van der Waals surface area contributed by atoms with E-state index in [1.807, 2.05) is 0 Å². The molecule has 0 rings (SSSR count). The lowest BCUT2D eigenvalue weighted by molar-refractivity contribution is -0.180. The maximum atomic E-state index is 12.0. The van der Waals surface area contributed by atoms with Crippen molar-refractivity contribution in [1.29, 1.82) is 0 Å². The molecule has 0 fully saturated rings. The summed E-state index contributed by atoms with van der Waals surface area (Å²) < 4.78 is 27.7. The second-order valence-electron chi connectivity index (χ2n) is 1.35. The van der Waals surface area contributed by atoms with Crippen molar-refractivity contribution in [2.24, 2.45) is 0 Å². The summed E-state index contributed by atoms with van der Waals surface area (Å²) in [4.78, 5) is 9.69. The second-order valence-corrected chi connectivity index (χ2v) is 2.23. The molecule has 3 nitrogen and oxygen atoms in total. The highest BCUT2D eigenvalue weighted by molar-refractivity contribution is 7.99. The summed E-state index contributed by atoms with van der Waals surface area (Å²) in [6.07, 6.45) is 1.13. The van der Waals surface area contributed by atoms with Gasteiger partial charge in [-0.05, 0) is 6.26 Å². The SMILES string of the molecule is CSC(F)(F)OCC(=O)O. The van der Waals surface area contributed by atoms with Crippen LogP contribution in [0.25, 0.3) is 0 Å². The van der Waals surface area contributed by atoms with Crippen molar-refractivity contribution in [2.45, 2.75) is 5.44 Å². The van der Waals surface area contributed by atoms with Crippen LogP contribution in [0.2, 0.25) is 0 Å². The van der Waals surface area contributed by atoms with Gasteiger partial charge >= 0.3 is 11.4 Å². The molecule has 0 spiro atoms. The molecule has 0 aromatic heterocycles. The van der Waals surface area contributed by atoms with Crippen molar-refractivity contribution in [3.63, 3.8) is 0 Å². The number of thioether (sulfide) groups is 1. The zero-order chi connectivity index (χ0) is 8.20. The van der Waals surface area contributed by atoms with E-state index in [1.165, 1.54) is 0 Å². The number of hydrogen-bond donors (Lipinski definition) is 1. The van der Waals surface area contributed by atoms with E-state index in [0.717, 1.165) is 6.26 Å². The van der Waals surface area contributed by atoms with Crippen LogP contribution < -0.4 is 0 Å². The molecule has 0 atom stereocenters. The van der Waals surface area contributed by atoms with Gasteiger partial charge < -0.3 is 5.11 Å². The number of aliphatic carboxylic acids is 1. The molecule has 0 aromatic rings. The fraction of sp³-hybridized carbons (Fsp3) is 0.750. The molecule has 60 valence electrons. The molecular weight excluding hydrogens is 166 g/mol. The van der Waals surface area contributed by atoms with E-state index in [2.05, 4.69) is 4.74 Å². The van der Waals surface area contributed by atoms with Gasteiger partial charge in [0.15, 0.2) is 6.61 Å². The first-order valence-electron chi connectivity index (χ1n) is 2.26. The minimum Gasteiger partial charge on any atom is -0.480 e. The number of carboxylic acid groups (broad SMARTS) is 1. The summed E-state index contributed by atoms with van der Waals surface area (Å²) in [5.74, 6) is -1.41. The first-order valence-corrected chi connectivity index (χ1v) is 3.49. The molecule has 6 heteroatoms. The van der Waals surface area contributed by atoms with Crippen molar-refractivity contribution in [2.75, 3.05) is 12.9 Å². The molecule has 0 saturated carbocycles. The summed E-state index contributed by atoms with van der Waals surface area (Å²) in [7, 11) is 0. The van der Waals surface area contributed by atoms with Gasteiger partial charge in [0, 0.05) is 0 Å². The molecule has 0 aliphatic carbocycles. The number of hydrogen-bond acceptors (Lipinski definition) is 3. The second kappa shape index (κ2) is 3.72. The molecule has 0 aliphatic heterocycles.